The van der Waals surface area contributed by atoms with Gasteiger partial charge in [-0.05, 0) is 55.3 Å². The maximum absolute atomic E-state index is 12.9. The quantitative estimate of drug-likeness (QED) is 0.547. The third-order valence-corrected chi connectivity index (χ3v) is 7.37. The number of hydrogen-bond acceptors (Lipinski definition) is 8. The second-order valence-electron chi connectivity index (χ2n) is 7.51. The van der Waals surface area contributed by atoms with Gasteiger partial charge in [-0.25, -0.2) is 4.68 Å². The van der Waals surface area contributed by atoms with Crippen LogP contribution in [0.15, 0.2) is 40.5 Å². The summed E-state index contributed by atoms with van der Waals surface area (Å²) in [4.78, 5) is 4.90. The number of halogens is 3. The highest BCUT2D eigenvalue weighted by Crippen LogP contribution is 2.56. The summed E-state index contributed by atoms with van der Waals surface area (Å²) in [5.41, 5.74) is 1.15. The van der Waals surface area contributed by atoms with Gasteiger partial charge in [-0.2, -0.15) is 18.4 Å². The Kier molecular flexibility index (Phi) is 4.98. The molecule has 1 aromatic carbocycles. The molecule has 0 atom stereocenters. The van der Waals surface area contributed by atoms with Crippen LogP contribution in [0.4, 0.5) is 13.2 Å². The highest BCUT2D eigenvalue weighted by molar-refractivity contribution is 8.38. The van der Waals surface area contributed by atoms with E-state index in [1.807, 2.05) is 19.1 Å². The summed E-state index contributed by atoms with van der Waals surface area (Å²) in [7, 11) is 0. The summed E-state index contributed by atoms with van der Waals surface area (Å²) >= 11 is 2.77. The number of nitrogens with zero attached hydrogens (tertiary/aromatic N) is 7. The maximum Gasteiger partial charge on any atom is 0.416 e. The van der Waals surface area contributed by atoms with Gasteiger partial charge in [0.15, 0.2) is 5.82 Å². The van der Waals surface area contributed by atoms with Crippen molar-refractivity contribution >= 4 is 27.9 Å². The lowest BCUT2D eigenvalue weighted by molar-refractivity contribution is -0.137. The number of alkyl halides is 3. The van der Waals surface area contributed by atoms with Crippen molar-refractivity contribution in [2.24, 2.45) is 4.99 Å². The van der Waals surface area contributed by atoms with Crippen LogP contribution in [-0.4, -0.2) is 29.6 Å². The van der Waals surface area contributed by atoms with Gasteiger partial charge in [0.2, 0.25) is 0 Å². The number of rotatable bonds is 3. The Hall–Kier alpha value is -2.91. The van der Waals surface area contributed by atoms with Gasteiger partial charge < -0.3 is 0 Å². The third-order valence-electron chi connectivity index (χ3n) is 5.21. The molecule has 1 saturated carbocycles. The molecule has 162 valence electrons. The number of thioether (sulfide) groups is 2. The van der Waals surface area contributed by atoms with Crippen LogP contribution in [0.1, 0.15) is 40.8 Å². The first kappa shape index (κ1) is 21.0. The first-order valence-electron chi connectivity index (χ1n) is 9.56. The van der Waals surface area contributed by atoms with Crippen molar-refractivity contribution in [3.05, 3.63) is 58.4 Å². The van der Waals surface area contributed by atoms with Crippen LogP contribution in [0.2, 0.25) is 0 Å². The first-order chi connectivity index (χ1) is 15.3. The second kappa shape index (κ2) is 7.60. The summed E-state index contributed by atoms with van der Waals surface area (Å²) in [5.74, 6) is 0.910. The average Bonchev–Trinajstić information content (AvgIpc) is 3.40. The Morgan fingerprint density at radius 3 is 2.69 bits per heavy atom. The number of nitriles is 1. The molecule has 0 N–H and O–H groups in total. The Morgan fingerprint density at radius 1 is 1.22 bits per heavy atom. The van der Waals surface area contributed by atoms with Crippen molar-refractivity contribution in [2.45, 2.75) is 42.3 Å². The largest absolute Gasteiger partial charge is 0.416 e. The molecule has 1 spiro atoms. The van der Waals surface area contributed by atoms with Crippen LogP contribution in [0.25, 0.3) is 5.82 Å². The van der Waals surface area contributed by atoms with Crippen LogP contribution >= 0.6 is 23.5 Å². The Bertz CT molecular complexity index is 1290. The number of fused-ring (bicyclic) bond motifs is 2. The molecule has 0 bridgehead atoms. The summed E-state index contributed by atoms with van der Waals surface area (Å²) in [6.45, 7) is 1.84. The molecule has 3 heterocycles. The predicted octanol–water partition coefficient (Wildman–Crippen LogP) is 4.64. The van der Waals surface area contributed by atoms with Gasteiger partial charge >= 0.3 is 6.18 Å². The minimum absolute atomic E-state index is 0.0165. The molecule has 7 nitrogen and oxygen atoms in total. The number of aryl methyl sites for hydroxylation is 1. The summed E-state index contributed by atoms with van der Waals surface area (Å²) in [6.07, 6.45) is -0.940. The molecule has 0 radical (unpaired) electrons. The molecule has 0 saturated heterocycles. The van der Waals surface area contributed by atoms with Crippen LogP contribution in [-0.2, 0) is 17.5 Å². The Balaban J connectivity index is 1.37. The lowest BCUT2D eigenvalue weighted by Gasteiger charge is -2.22. The van der Waals surface area contributed by atoms with Crippen molar-refractivity contribution in [2.75, 3.05) is 0 Å². The van der Waals surface area contributed by atoms with Gasteiger partial charge in [-0.15, -0.1) is 15.3 Å². The van der Waals surface area contributed by atoms with Crippen LogP contribution in [0.3, 0.4) is 0 Å². The zero-order valence-electron chi connectivity index (χ0n) is 16.6. The molecular formula is C20H14F3N7S2. The number of aromatic nitrogens is 5. The fourth-order valence-corrected chi connectivity index (χ4v) is 5.62. The fourth-order valence-electron chi connectivity index (χ4n) is 3.37. The van der Waals surface area contributed by atoms with Crippen molar-refractivity contribution in [3.8, 4) is 11.9 Å². The SMILES string of the molecule is Cc1cn(-c2cc3c(nn2)SC(SCc2ccc(C(F)(F)F)cc2C#N)=NC32CC2)nn1. The van der Waals surface area contributed by atoms with Crippen molar-refractivity contribution in [3.63, 3.8) is 0 Å². The minimum atomic E-state index is -4.48. The first-order valence-corrected chi connectivity index (χ1v) is 11.4. The topological polar surface area (TPSA) is 92.6 Å². The summed E-state index contributed by atoms with van der Waals surface area (Å²) < 4.78 is 41.1. The van der Waals surface area contributed by atoms with Gasteiger partial charge in [0, 0.05) is 11.3 Å². The minimum Gasteiger partial charge on any atom is -0.260 e. The van der Waals surface area contributed by atoms with E-state index in [9.17, 15) is 18.4 Å². The highest BCUT2D eigenvalue weighted by atomic mass is 32.2. The Morgan fingerprint density at radius 2 is 2.03 bits per heavy atom. The van der Waals surface area contributed by atoms with E-state index >= 15 is 0 Å². The second-order valence-corrected chi connectivity index (χ2v) is 9.71. The highest BCUT2D eigenvalue weighted by Gasteiger charge is 2.49. The van der Waals surface area contributed by atoms with Gasteiger partial charge in [-0.3, -0.25) is 4.99 Å². The molecule has 32 heavy (non-hydrogen) atoms. The monoisotopic (exact) mass is 473 g/mol. The van der Waals surface area contributed by atoms with Crippen molar-refractivity contribution < 1.29 is 13.2 Å². The molecule has 0 amide bonds. The van der Waals surface area contributed by atoms with Crippen LogP contribution < -0.4 is 0 Å². The van der Waals surface area contributed by atoms with E-state index in [4.69, 9.17) is 4.99 Å². The molecule has 0 unspecified atom stereocenters. The van der Waals surface area contributed by atoms with Gasteiger partial charge in [0.05, 0.1) is 34.6 Å². The van der Waals surface area contributed by atoms with E-state index in [-0.39, 0.29) is 11.1 Å². The standard InChI is InChI=1S/C20H14F3N7S2/c1-11-9-30(29-26-11)16-7-15-17(28-27-16)32-18(25-19(15)4-5-19)31-10-12-2-3-14(20(21,22)23)6-13(12)8-24/h2-3,6-7,9H,4-5,10H2,1H3. The molecule has 1 aliphatic heterocycles. The van der Waals surface area contributed by atoms with Crippen LogP contribution in [0, 0.1) is 18.3 Å². The van der Waals surface area contributed by atoms with Crippen LogP contribution in [0.5, 0.6) is 0 Å². The fraction of sp³-hybridized carbons (Fsp3) is 0.300. The van der Waals surface area contributed by atoms with Crippen molar-refractivity contribution in [1.29, 1.82) is 5.26 Å². The molecule has 1 aliphatic carbocycles. The maximum atomic E-state index is 12.9. The molecule has 2 aromatic heterocycles. The normalized spacial score (nSPS) is 16.4. The number of hydrogen-bond donors (Lipinski definition) is 0. The van der Waals surface area contributed by atoms with Crippen molar-refractivity contribution in [1.82, 2.24) is 25.2 Å². The van der Waals surface area contributed by atoms with E-state index in [0.29, 0.717) is 17.1 Å². The molecule has 12 heteroatoms. The van der Waals surface area contributed by atoms with E-state index < -0.39 is 11.7 Å². The molecular weight excluding hydrogens is 459 g/mol. The smallest absolute Gasteiger partial charge is 0.260 e. The zero-order chi connectivity index (χ0) is 22.5. The van der Waals surface area contributed by atoms with E-state index in [1.165, 1.54) is 29.6 Å². The molecule has 2 aliphatic rings. The predicted molar refractivity (Wildman–Crippen MR) is 113 cm³/mol. The third kappa shape index (κ3) is 3.86. The zero-order valence-corrected chi connectivity index (χ0v) is 18.2. The average molecular weight is 474 g/mol. The van der Waals surface area contributed by atoms with Gasteiger partial charge in [0.1, 0.15) is 9.40 Å². The lowest BCUT2D eigenvalue weighted by atomic mass is 10.1. The van der Waals surface area contributed by atoms with E-state index in [0.717, 1.165) is 45.6 Å². The molecule has 3 aromatic rings. The molecule has 5 rings (SSSR count). The van der Waals surface area contributed by atoms with E-state index in [1.54, 1.807) is 10.9 Å². The summed E-state index contributed by atoms with van der Waals surface area (Å²) in [5, 5.41) is 26.7. The number of aliphatic imine (C=N–C) groups is 1. The van der Waals surface area contributed by atoms with E-state index in [2.05, 4.69) is 20.5 Å². The summed E-state index contributed by atoms with van der Waals surface area (Å²) in [6, 6.07) is 7.05. The molecule has 1 fully saturated rings. The number of benzene rings is 1. The Labute approximate surface area is 189 Å². The lowest BCUT2D eigenvalue weighted by Crippen LogP contribution is -2.16. The van der Waals surface area contributed by atoms with Gasteiger partial charge in [-0.1, -0.05) is 23.0 Å². The van der Waals surface area contributed by atoms with Gasteiger partial charge in [0.25, 0.3) is 0 Å².